The van der Waals surface area contributed by atoms with E-state index in [0.717, 1.165) is 24.9 Å². The minimum atomic E-state index is -0.927. The number of benzene rings is 1. The van der Waals surface area contributed by atoms with E-state index in [2.05, 4.69) is 11.8 Å². The lowest BCUT2D eigenvalue weighted by molar-refractivity contribution is 0.0211. The highest BCUT2D eigenvalue weighted by atomic mass is 16.6. The van der Waals surface area contributed by atoms with E-state index in [9.17, 15) is 14.7 Å². The van der Waals surface area contributed by atoms with Gasteiger partial charge in [-0.2, -0.15) is 0 Å². The van der Waals surface area contributed by atoms with E-state index in [1.165, 1.54) is 0 Å². The van der Waals surface area contributed by atoms with Crippen LogP contribution >= 0.6 is 0 Å². The van der Waals surface area contributed by atoms with Gasteiger partial charge in [0, 0.05) is 31.4 Å². The summed E-state index contributed by atoms with van der Waals surface area (Å²) in [7, 11) is 0. The zero-order chi connectivity index (χ0) is 19.3. The smallest absolute Gasteiger partial charge is 0.410 e. The summed E-state index contributed by atoms with van der Waals surface area (Å²) < 4.78 is 5.51. The number of hydrogen-bond donors (Lipinski definition) is 1. The highest BCUT2D eigenvalue weighted by Gasteiger charge is 2.32. The lowest BCUT2D eigenvalue weighted by Gasteiger charge is -2.43. The maximum Gasteiger partial charge on any atom is 0.410 e. The number of ether oxygens (including phenoxy) is 1. The summed E-state index contributed by atoms with van der Waals surface area (Å²) in [6.07, 6.45) is 2.80. The summed E-state index contributed by atoms with van der Waals surface area (Å²) in [6, 6.07) is 7.18. The van der Waals surface area contributed by atoms with Crippen LogP contribution in [0.3, 0.4) is 0 Å². The van der Waals surface area contributed by atoms with Gasteiger partial charge in [-0.1, -0.05) is 25.8 Å². The number of carboxylic acids is 1. The SMILES string of the molecule is CCCC[C@H]1CN(C(=O)OC(C)(C)C)CCN1c1cccc(C(=O)O)c1. The van der Waals surface area contributed by atoms with Gasteiger partial charge in [0.25, 0.3) is 0 Å². The average Bonchev–Trinajstić information content (AvgIpc) is 2.58. The van der Waals surface area contributed by atoms with Crippen molar-refractivity contribution in [2.45, 2.75) is 58.6 Å². The van der Waals surface area contributed by atoms with Crippen LogP contribution in [0.5, 0.6) is 0 Å². The molecule has 1 fully saturated rings. The molecule has 6 nitrogen and oxygen atoms in total. The van der Waals surface area contributed by atoms with Crippen LogP contribution in [0.1, 0.15) is 57.3 Å². The zero-order valence-electron chi connectivity index (χ0n) is 16.2. The van der Waals surface area contributed by atoms with Gasteiger partial charge in [-0.15, -0.1) is 0 Å². The minimum Gasteiger partial charge on any atom is -0.478 e. The van der Waals surface area contributed by atoms with Gasteiger partial charge in [0.2, 0.25) is 0 Å². The van der Waals surface area contributed by atoms with Crippen LogP contribution < -0.4 is 4.90 Å². The second kappa shape index (κ2) is 8.43. The molecule has 1 saturated heterocycles. The number of anilines is 1. The van der Waals surface area contributed by atoms with Gasteiger partial charge in [-0.25, -0.2) is 9.59 Å². The largest absolute Gasteiger partial charge is 0.478 e. The first-order valence-electron chi connectivity index (χ1n) is 9.29. The molecule has 0 unspecified atom stereocenters. The molecule has 1 amide bonds. The molecule has 26 heavy (non-hydrogen) atoms. The fraction of sp³-hybridized carbons (Fsp3) is 0.600. The average molecular weight is 362 g/mol. The Morgan fingerprint density at radius 1 is 1.27 bits per heavy atom. The third-order valence-electron chi connectivity index (χ3n) is 4.45. The first kappa shape index (κ1) is 20.1. The van der Waals surface area contributed by atoms with Crippen molar-refractivity contribution in [3.05, 3.63) is 29.8 Å². The van der Waals surface area contributed by atoms with Gasteiger partial charge < -0.3 is 19.6 Å². The third kappa shape index (κ3) is 5.38. The maximum atomic E-state index is 12.4. The predicted molar refractivity (Wildman–Crippen MR) is 102 cm³/mol. The molecule has 0 spiro atoms. The highest BCUT2D eigenvalue weighted by Crippen LogP contribution is 2.25. The Morgan fingerprint density at radius 3 is 2.62 bits per heavy atom. The fourth-order valence-corrected chi connectivity index (χ4v) is 3.19. The monoisotopic (exact) mass is 362 g/mol. The molecule has 1 aromatic rings. The number of hydrogen-bond acceptors (Lipinski definition) is 4. The van der Waals surface area contributed by atoms with Crippen molar-refractivity contribution in [2.75, 3.05) is 24.5 Å². The summed E-state index contributed by atoms with van der Waals surface area (Å²) in [5.41, 5.74) is 0.671. The van der Waals surface area contributed by atoms with Gasteiger partial charge in [-0.05, 0) is 45.4 Å². The van der Waals surface area contributed by atoms with Gasteiger partial charge in [-0.3, -0.25) is 0 Å². The second-order valence-corrected chi connectivity index (χ2v) is 7.77. The summed E-state index contributed by atoms with van der Waals surface area (Å²) in [5, 5.41) is 9.25. The highest BCUT2D eigenvalue weighted by molar-refractivity contribution is 5.88. The topological polar surface area (TPSA) is 70.1 Å². The standard InChI is InChI=1S/C20H30N2O4/c1-5-6-9-17-14-21(19(25)26-20(2,3)4)11-12-22(17)16-10-7-8-15(13-16)18(23)24/h7-8,10,13,17H,5-6,9,11-12,14H2,1-4H3,(H,23,24)/t17-/m0/s1. The maximum absolute atomic E-state index is 12.4. The van der Waals surface area contributed by atoms with E-state index in [4.69, 9.17) is 4.74 Å². The molecule has 1 heterocycles. The molecule has 2 rings (SSSR count). The second-order valence-electron chi connectivity index (χ2n) is 7.77. The van der Waals surface area contributed by atoms with E-state index in [1.54, 1.807) is 23.1 Å². The summed E-state index contributed by atoms with van der Waals surface area (Å²) >= 11 is 0. The van der Waals surface area contributed by atoms with Crippen LogP contribution in [0.25, 0.3) is 0 Å². The Bertz CT molecular complexity index is 639. The molecule has 144 valence electrons. The number of carbonyl (C=O) groups is 2. The molecule has 1 atom stereocenters. The van der Waals surface area contributed by atoms with Gasteiger partial charge in [0.15, 0.2) is 0 Å². The number of aromatic carboxylic acids is 1. The first-order valence-corrected chi connectivity index (χ1v) is 9.29. The van der Waals surface area contributed by atoms with Crippen molar-refractivity contribution in [1.82, 2.24) is 4.90 Å². The van der Waals surface area contributed by atoms with Crippen molar-refractivity contribution in [3.8, 4) is 0 Å². The van der Waals surface area contributed by atoms with Crippen LogP contribution in [0.2, 0.25) is 0 Å². The number of unbranched alkanes of at least 4 members (excludes halogenated alkanes) is 1. The molecule has 1 aromatic carbocycles. The van der Waals surface area contributed by atoms with Crippen molar-refractivity contribution in [2.24, 2.45) is 0 Å². The van der Waals surface area contributed by atoms with Crippen molar-refractivity contribution < 1.29 is 19.4 Å². The lowest BCUT2D eigenvalue weighted by Crippen LogP contribution is -2.55. The van der Waals surface area contributed by atoms with Gasteiger partial charge in [0.1, 0.15) is 5.60 Å². The molecule has 6 heteroatoms. The van der Waals surface area contributed by atoms with E-state index in [-0.39, 0.29) is 17.7 Å². The van der Waals surface area contributed by atoms with Crippen LogP contribution in [0, 0.1) is 0 Å². The molecular weight excluding hydrogens is 332 g/mol. The number of piperazine rings is 1. The fourth-order valence-electron chi connectivity index (χ4n) is 3.19. The van der Waals surface area contributed by atoms with Crippen LogP contribution in [0.15, 0.2) is 24.3 Å². The molecule has 1 N–H and O–H groups in total. The number of nitrogens with zero attached hydrogens (tertiary/aromatic N) is 2. The Kier molecular flexibility index (Phi) is 6.51. The van der Waals surface area contributed by atoms with Crippen molar-refractivity contribution >= 4 is 17.7 Å². The van der Waals surface area contributed by atoms with E-state index in [0.29, 0.717) is 19.6 Å². The molecule has 0 radical (unpaired) electrons. The number of amides is 1. The summed E-state index contributed by atoms with van der Waals surface area (Å²) in [6.45, 7) is 9.56. The van der Waals surface area contributed by atoms with Gasteiger partial charge >= 0.3 is 12.1 Å². The minimum absolute atomic E-state index is 0.153. The van der Waals surface area contributed by atoms with Crippen LogP contribution in [0.4, 0.5) is 10.5 Å². The quantitative estimate of drug-likeness (QED) is 0.857. The Balaban J connectivity index is 2.16. The van der Waals surface area contributed by atoms with Crippen LogP contribution in [-0.4, -0.2) is 53.3 Å². The summed E-state index contributed by atoms with van der Waals surface area (Å²) in [4.78, 5) is 27.7. The Hall–Kier alpha value is -2.24. The predicted octanol–water partition coefficient (Wildman–Crippen LogP) is 4.00. The molecule has 0 bridgehead atoms. The molecule has 0 aromatic heterocycles. The number of rotatable bonds is 5. The lowest BCUT2D eigenvalue weighted by atomic mass is 10.0. The molecule has 1 aliphatic heterocycles. The zero-order valence-corrected chi connectivity index (χ0v) is 16.2. The van der Waals surface area contributed by atoms with Gasteiger partial charge in [0.05, 0.1) is 5.56 Å². The normalized spacial score (nSPS) is 17.9. The van der Waals surface area contributed by atoms with Crippen LogP contribution in [-0.2, 0) is 4.74 Å². The Labute approximate surface area is 155 Å². The van der Waals surface area contributed by atoms with E-state index < -0.39 is 11.6 Å². The molecule has 0 aliphatic carbocycles. The van der Waals surface area contributed by atoms with Crippen molar-refractivity contribution in [1.29, 1.82) is 0 Å². The van der Waals surface area contributed by atoms with Crippen molar-refractivity contribution in [3.63, 3.8) is 0 Å². The first-order chi connectivity index (χ1) is 12.2. The number of carboxylic acid groups (broad SMARTS) is 1. The number of carbonyl (C=O) groups excluding carboxylic acids is 1. The van der Waals surface area contributed by atoms with E-state index in [1.807, 2.05) is 26.8 Å². The molecule has 1 aliphatic rings. The molecular formula is C20H30N2O4. The third-order valence-corrected chi connectivity index (χ3v) is 4.45. The Morgan fingerprint density at radius 2 is 2.00 bits per heavy atom. The summed E-state index contributed by atoms with van der Waals surface area (Å²) in [5.74, 6) is -0.927. The molecule has 0 saturated carbocycles. The van der Waals surface area contributed by atoms with E-state index >= 15 is 0 Å².